The van der Waals surface area contributed by atoms with Crippen molar-refractivity contribution < 1.29 is 18.3 Å². The van der Waals surface area contributed by atoms with Crippen molar-refractivity contribution in [3.63, 3.8) is 0 Å². The number of hydrogen-bond donors (Lipinski definition) is 2. The summed E-state index contributed by atoms with van der Waals surface area (Å²) in [6.07, 6.45) is 3.08. The molecule has 0 fully saturated rings. The minimum absolute atomic E-state index is 0.120. The Bertz CT molecular complexity index is 910. The van der Waals surface area contributed by atoms with Crippen LogP contribution in [0, 0.1) is 0 Å². The number of pyridine rings is 1. The number of hydrogen-bond acceptors (Lipinski definition) is 5. The number of fused-ring (bicyclic) bond motifs is 1. The van der Waals surface area contributed by atoms with E-state index < -0.39 is 10.0 Å². The number of rotatable bonds is 3. The van der Waals surface area contributed by atoms with Crippen molar-refractivity contribution in [1.82, 2.24) is 9.88 Å². The molecule has 2 heterocycles. The van der Waals surface area contributed by atoms with Crippen molar-refractivity contribution in [3.8, 4) is 5.75 Å². The van der Waals surface area contributed by atoms with Crippen LogP contribution in [0.1, 0.15) is 34.5 Å². The van der Waals surface area contributed by atoms with E-state index in [9.17, 15) is 18.3 Å². The average molecular weight is 361 g/mol. The van der Waals surface area contributed by atoms with Gasteiger partial charge in [0, 0.05) is 12.7 Å². The minimum Gasteiger partial charge on any atom is -0.508 e. The molecule has 1 aliphatic rings. The highest BCUT2D eigenvalue weighted by Crippen LogP contribution is 2.32. The molecule has 0 aliphatic carbocycles. The molecule has 0 saturated heterocycles. The maximum atomic E-state index is 12.8. The second kappa shape index (κ2) is 6.36. The van der Waals surface area contributed by atoms with Crippen LogP contribution < -0.4 is 4.72 Å². The van der Waals surface area contributed by atoms with Gasteiger partial charge in [-0.2, -0.15) is 0 Å². The number of aromatic nitrogens is 1. The zero-order valence-corrected chi connectivity index (χ0v) is 14.7. The van der Waals surface area contributed by atoms with Gasteiger partial charge < -0.3 is 10.0 Å². The van der Waals surface area contributed by atoms with Gasteiger partial charge in [0.1, 0.15) is 11.6 Å². The first kappa shape index (κ1) is 17.2. The van der Waals surface area contributed by atoms with Crippen molar-refractivity contribution in [2.45, 2.75) is 19.4 Å². The smallest absolute Gasteiger partial charge is 0.255 e. The molecule has 1 atom stereocenters. The number of anilines is 1. The van der Waals surface area contributed by atoms with Gasteiger partial charge in [0.2, 0.25) is 10.0 Å². The molecule has 0 radical (unpaired) electrons. The number of nitrogens with one attached hydrogen (secondary N) is 1. The van der Waals surface area contributed by atoms with Gasteiger partial charge in [-0.1, -0.05) is 6.07 Å². The van der Waals surface area contributed by atoms with E-state index in [2.05, 4.69) is 9.71 Å². The Morgan fingerprint density at radius 3 is 2.72 bits per heavy atom. The summed E-state index contributed by atoms with van der Waals surface area (Å²) in [4.78, 5) is 18.5. The predicted octanol–water partition coefficient (Wildman–Crippen LogP) is 1.92. The summed E-state index contributed by atoms with van der Waals surface area (Å²) in [5.41, 5.74) is 2.45. The summed E-state index contributed by atoms with van der Waals surface area (Å²) in [5.74, 6) is 0.236. The summed E-state index contributed by atoms with van der Waals surface area (Å²) in [5, 5.41) is 9.60. The Hall–Kier alpha value is -2.61. The monoisotopic (exact) mass is 361 g/mol. The Morgan fingerprint density at radius 1 is 1.32 bits per heavy atom. The fraction of sp³-hybridized carbons (Fsp3) is 0.294. The average Bonchev–Trinajstić information content (AvgIpc) is 2.53. The molecule has 1 aliphatic heterocycles. The number of phenols is 1. The Morgan fingerprint density at radius 2 is 2.08 bits per heavy atom. The molecule has 2 N–H and O–H groups in total. The molecular formula is C17H19N3O4S. The molecule has 8 heteroatoms. The van der Waals surface area contributed by atoms with Gasteiger partial charge >= 0.3 is 0 Å². The highest BCUT2D eigenvalue weighted by molar-refractivity contribution is 7.92. The molecule has 25 heavy (non-hydrogen) atoms. The van der Waals surface area contributed by atoms with Gasteiger partial charge in [-0.05, 0) is 48.7 Å². The third-order valence-electron chi connectivity index (χ3n) is 4.23. The topological polar surface area (TPSA) is 99.6 Å². The summed E-state index contributed by atoms with van der Waals surface area (Å²) in [6.45, 7) is 2.49. The van der Waals surface area contributed by atoms with Crippen molar-refractivity contribution in [1.29, 1.82) is 0 Å². The lowest BCUT2D eigenvalue weighted by molar-refractivity contribution is 0.0677. The van der Waals surface area contributed by atoms with Crippen LogP contribution in [-0.4, -0.2) is 42.1 Å². The lowest BCUT2D eigenvalue weighted by atomic mass is 9.93. The molecule has 3 rings (SSSR count). The number of benzene rings is 1. The fourth-order valence-corrected chi connectivity index (χ4v) is 3.53. The summed E-state index contributed by atoms with van der Waals surface area (Å²) in [7, 11) is -3.40. The van der Waals surface area contributed by atoms with E-state index in [0.29, 0.717) is 18.5 Å². The SMILES string of the molecule is CC1c2ccc(O)cc2CCN1C(=O)c1ccc(NS(C)(=O)=O)nc1. The number of phenolic OH excluding ortho intramolecular Hbond substituents is 1. The van der Waals surface area contributed by atoms with Gasteiger partial charge in [-0.25, -0.2) is 13.4 Å². The molecule has 7 nitrogen and oxygen atoms in total. The largest absolute Gasteiger partial charge is 0.508 e. The molecule has 1 aromatic carbocycles. The maximum Gasteiger partial charge on any atom is 0.255 e. The van der Waals surface area contributed by atoms with Gasteiger partial charge in [0.25, 0.3) is 5.91 Å². The van der Waals surface area contributed by atoms with Gasteiger partial charge in [0.15, 0.2) is 0 Å². The van der Waals surface area contributed by atoms with Gasteiger partial charge in [-0.15, -0.1) is 0 Å². The maximum absolute atomic E-state index is 12.8. The Kier molecular flexibility index (Phi) is 4.38. The lowest BCUT2D eigenvalue weighted by Gasteiger charge is -2.35. The minimum atomic E-state index is -3.40. The summed E-state index contributed by atoms with van der Waals surface area (Å²) >= 11 is 0. The standard InChI is InChI=1S/C17H19N3O4S/c1-11-15-5-4-14(21)9-12(15)7-8-20(11)17(22)13-3-6-16(18-10-13)19-25(2,23)24/h3-6,9-11,21H,7-8H2,1-2H3,(H,18,19). The molecule has 1 aromatic heterocycles. The third kappa shape index (κ3) is 3.74. The van der Waals surface area contributed by atoms with Crippen LogP contribution in [-0.2, 0) is 16.4 Å². The number of aromatic hydroxyl groups is 1. The first-order valence-electron chi connectivity index (χ1n) is 7.81. The number of carbonyl (C=O) groups is 1. The second-order valence-electron chi connectivity index (χ2n) is 6.11. The lowest BCUT2D eigenvalue weighted by Crippen LogP contribution is -2.38. The van der Waals surface area contributed by atoms with Crippen LogP contribution in [0.3, 0.4) is 0 Å². The van der Waals surface area contributed by atoms with E-state index in [-0.39, 0.29) is 23.5 Å². The first-order chi connectivity index (χ1) is 11.7. The third-order valence-corrected chi connectivity index (χ3v) is 4.81. The zero-order chi connectivity index (χ0) is 18.2. The highest BCUT2D eigenvalue weighted by Gasteiger charge is 2.28. The quantitative estimate of drug-likeness (QED) is 0.870. The number of carbonyl (C=O) groups excluding carboxylic acids is 1. The summed E-state index contributed by atoms with van der Waals surface area (Å²) < 4.78 is 24.7. The predicted molar refractivity (Wildman–Crippen MR) is 94.0 cm³/mol. The molecule has 0 bridgehead atoms. The molecular weight excluding hydrogens is 342 g/mol. The van der Waals surface area contributed by atoms with Crippen LogP contribution in [0.25, 0.3) is 0 Å². The molecule has 1 unspecified atom stereocenters. The Balaban J connectivity index is 1.80. The van der Waals surface area contributed by atoms with Crippen molar-refractivity contribution in [3.05, 3.63) is 53.2 Å². The van der Waals surface area contributed by atoms with Crippen molar-refractivity contribution >= 4 is 21.7 Å². The van der Waals surface area contributed by atoms with E-state index in [0.717, 1.165) is 17.4 Å². The number of sulfonamides is 1. The molecule has 0 spiro atoms. The molecule has 2 aromatic rings. The van der Waals surface area contributed by atoms with E-state index in [1.807, 2.05) is 13.0 Å². The fourth-order valence-electron chi connectivity index (χ4n) is 3.03. The van der Waals surface area contributed by atoms with Crippen molar-refractivity contribution in [2.24, 2.45) is 0 Å². The molecule has 0 saturated carbocycles. The van der Waals surface area contributed by atoms with Gasteiger partial charge in [0.05, 0.1) is 17.9 Å². The second-order valence-corrected chi connectivity index (χ2v) is 7.86. The molecule has 1 amide bonds. The van der Waals surface area contributed by atoms with E-state index in [1.54, 1.807) is 23.1 Å². The number of amides is 1. The van der Waals surface area contributed by atoms with E-state index in [1.165, 1.54) is 12.3 Å². The van der Waals surface area contributed by atoms with Crippen LogP contribution in [0.15, 0.2) is 36.5 Å². The highest BCUT2D eigenvalue weighted by atomic mass is 32.2. The summed E-state index contributed by atoms with van der Waals surface area (Å²) in [6, 6.07) is 8.10. The van der Waals surface area contributed by atoms with Crippen LogP contribution >= 0.6 is 0 Å². The van der Waals surface area contributed by atoms with Crippen molar-refractivity contribution in [2.75, 3.05) is 17.5 Å². The van der Waals surface area contributed by atoms with Crippen LogP contribution in [0.5, 0.6) is 5.75 Å². The number of nitrogens with zero attached hydrogens (tertiary/aromatic N) is 2. The van der Waals surface area contributed by atoms with Gasteiger partial charge in [-0.3, -0.25) is 9.52 Å². The van der Waals surface area contributed by atoms with Crippen LogP contribution in [0.2, 0.25) is 0 Å². The first-order valence-corrected chi connectivity index (χ1v) is 9.70. The zero-order valence-electron chi connectivity index (χ0n) is 13.9. The van der Waals surface area contributed by atoms with Crippen LogP contribution in [0.4, 0.5) is 5.82 Å². The Labute approximate surface area is 146 Å². The van der Waals surface area contributed by atoms with E-state index >= 15 is 0 Å². The van der Waals surface area contributed by atoms with E-state index in [4.69, 9.17) is 0 Å². The normalized spacial score (nSPS) is 17.0. The molecule has 132 valence electrons.